The molecule has 0 radical (unpaired) electrons. The molecule has 0 saturated heterocycles. The predicted molar refractivity (Wildman–Crippen MR) is 187 cm³/mol. The first kappa shape index (κ1) is 41.9. The Morgan fingerprint density at radius 2 is 0.932 bits per heavy atom. The molecule has 0 bridgehead atoms. The summed E-state index contributed by atoms with van der Waals surface area (Å²) >= 11 is 0. The minimum absolute atomic E-state index is 0.0866. The van der Waals surface area contributed by atoms with Crippen molar-refractivity contribution in [2.24, 2.45) is 0 Å². The Morgan fingerprint density at radius 3 is 1.43 bits per heavy atom. The smallest absolute Gasteiger partial charge is 0.306 e. The number of allylic oxidation sites excluding steroid dienone is 8. The molecule has 0 amide bonds. The van der Waals surface area contributed by atoms with Crippen molar-refractivity contribution >= 4 is 11.9 Å². The third-order valence-corrected chi connectivity index (χ3v) is 7.63. The molecule has 0 fully saturated rings. The largest absolute Gasteiger partial charge is 0.462 e. The number of carbonyl (C=O) groups is 2. The van der Waals surface area contributed by atoms with Gasteiger partial charge < -0.3 is 14.6 Å². The Hall–Kier alpha value is -2.14. The van der Waals surface area contributed by atoms with Crippen LogP contribution in [0.25, 0.3) is 0 Å². The standard InChI is InChI=1S/C39H68O5/c1-3-5-7-9-11-13-15-17-18-19-20-22-24-26-28-30-32-34-39(42)44-37(35-40)36-43-38(41)33-31-29-27-25-23-21-16-14-12-10-8-6-4-2/h11,13,17-18,20,22,26,28,37,40H,3-10,12,14-16,19,21,23-25,27,29-36H2,1-2H3/b13-11+,18-17+,22-20+,28-26+. The molecule has 5 heteroatoms. The summed E-state index contributed by atoms with van der Waals surface area (Å²) < 4.78 is 10.5. The molecule has 0 aliphatic carbocycles. The van der Waals surface area contributed by atoms with Crippen molar-refractivity contribution in [1.29, 1.82) is 0 Å². The van der Waals surface area contributed by atoms with Crippen LogP contribution >= 0.6 is 0 Å². The van der Waals surface area contributed by atoms with Crippen LogP contribution in [0.15, 0.2) is 48.6 Å². The van der Waals surface area contributed by atoms with Crippen LogP contribution in [0.3, 0.4) is 0 Å². The lowest BCUT2D eigenvalue weighted by Crippen LogP contribution is -2.28. The first-order chi connectivity index (χ1) is 21.6. The summed E-state index contributed by atoms with van der Waals surface area (Å²) in [6.45, 7) is 4.05. The van der Waals surface area contributed by atoms with Crippen LogP contribution in [0.2, 0.25) is 0 Å². The number of aliphatic hydroxyl groups excluding tert-OH is 1. The van der Waals surface area contributed by atoms with Crippen molar-refractivity contribution in [1.82, 2.24) is 0 Å². The minimum atomic E-state index is -0.797. The SMILES string of the molecule is CCCCC/C=C/C/C=C/C/C=C/C/C=C/CCCC(=O)OC(CO)COC(=O)CCCCCCCCCCCCCCC. The van der Waals surface area contributed by atoms with Gasteiger partial charge in [-0.1, -0.05) is 152 Å². The molecule has 1 N–H and O–H groups in total. The van der Waals surface area contributed by atoms with E-state index < -0.39 is 6.10 Å². The zero-order valence-corrected chi connectivity index (χ0v) is 28.7. The van der Waals surface area contributed by atoms with Gasteiger partial charge in [0.15, 0.2) is 6.10 Å². The van der Waals surface area contributed by atoms with Gasteiger partial charge in [-0.05, 0) is 51.4 Å². The molecule has 0 rings (SSSR count). The molecular formula is C39H68O5. The van der Waals surface area contributed by atoms with Crippen LogP contribution in [0.1, 0.15) is 168 Å². The van der Waals surface area contributed by atoms with Crippen LogP contribution < -0.4 is 0 Å². The fourth-order valence-corrected chi connectivity index (χ4v) is 4.84. The second kappa shape index (κ2) is 35.3. The first-order valence-corrected chi connectivity index (χ1v) is 18.2. The number of carbonyl (C=O) groups excluding carboxylic acids is 2. The van der Waals surface area contributed by atoms with Gasteiger partial charge in [-0.2, -0.15) is 0 Å². The number of hydrogen-bond acceptors (Lipinski definition) is 5. The Balaban J connectivity index is 3.69. The Labute approximate surface area is 271 Å². The zero-order chi connectivity index (χ0) is 32.2. The average molecular weight is 617 g/mol. The summed E-state index contributed by atoms with van der Waals surface area (Å²) in [5.74, 6) is -0.657. The molecule has 0 spiro atoms. The Kier molecular flexibility index (Phi) is 33.6. The molecule has 0 aliphatic heterocycles. The van der Waals surface area contributed by atoms with Crippen molar-refractivity contribution in [3.8, 4) is 0 Å². The Bertz CT molecular complexity index is 752. The maximum Gasteiger partial charge on any atom is 0.306 e. The maximum atomic E-state index is 12.1. The van der Waals surface area contributed by atoms with E-state index in [1.54, 1.807) is 0 Å². The highest BCUT2D eigenvalue weighted by atomic mass is 16.6. The van der Waals surface area contributed by atoms with Crippen molar-refractivity contribution < 1.29 is 24.2 Å². The molecule has 1 atom stereocenters. The van der Waals surface area contributed by atoms with E-state index in [0.29, 0.717) is 12.8 Å². The van der Waals surface area contributed by atoms with Gasteiger partial charge in [0.05, 0.1) is 6.61 Å². The lowest BCUT2D eigenvalue weighted by Gasteiger charge is -2.15. The van der Waals surface area contributed by atoms with Gasteiger partial charge in [-0.25, -0.2) is 0 Å². The van der Waals surface area contributed by atoms with Crippen LogP contribution in [0.4, 0.5) is 0 Å². The molecule has 0 saturated carbocycles. The fourth-order valence-electron chi connectivity index (χ4n) is 4.84. The zero-order valence-electron chi connectivity index (χ0n) is 28.7. The first-order valence-electron chi connectivity index (χ1n) is 18.2. The van der Waals surface area contributed by atoms with Gasteiger partial charge in [0, 0.05) is 12.8 Å². The summed E-state index contributed by atoms with van der Waals surface area (Å²) in [6, 6.07) is 0. The van der Waals surface area contributed by atoms with Gasteiger partial charge >= 0.3 is 11.9 Å². The quantitative estimate of drug-likeness (QED) is 0.0462. The lowest BCUT2D eigenvalue weighted by molar-refractivity contribution is -0.161. The molecule has 44 heavy (non-hydrogen) atoms. The van der Waals surface area contributed by atoms with Crippen molar-refractivity contribution in [3.63, 3.8) is 0 Å². The highest BCUT2D eigenvalue weighted by molar-refractivity contribution is 5.70. The summed E-state index contributed by atoms with van der Waals surface area (Å²) in [5, 5.41) is 9.51. The monoisotopic (exact) mass is 617 g/mol. The second-order valence-corrected chi connectivity index (χ2v) is 12.0. The van der Waals surface area contributed by atoms with Crippen molar-refractivity contribution in [3.05, 3.63) is 48.6 Å². The third kappa shape index (κ3) is 32.8. The highest BCUT2D eigenvalue weighted by Crippen LogP contribution is 2.13. The number of aliphatic hydroxyl groups is 1. The van der Waals surface area contributed by atoms with Crippen LogP contribution in [-0.4, -0.2) is 36.4 Å². The third-order valence-electron chi connectivity index (χ3n) is 7.63. The van der Waals surface area contributed by atoms with Crippen molar-refractivity contribution in [2.45, 2.75) is 174 Å². The van der Waals surface area contributed by atoms with E-state index in [2.05, 4.69) is 62.5 Å². The number of ether oxygens (including phenoxy) is 2. The maximum absolute atomic E-state index is 12.1. The van der Waals surface area contributed by atoms with Crippen LogP contribution in [0, 0.1) is 0 Å². The molecular weight excluding hydrogens is 548 g/mol. The predicted octanol–water partition coefficient (Wildman–Crippen LogP) is 11.1. The lowest BCUT2D eigenvalue weighted by atomic mass is 10.0. The molecule has 0 aromatic rings. The number of rotatable bonds is 32. The van der Waals surface area contributed by atoms with Gasteiger partial charge in [0.2, 0.25) is 0 Å². The number of hydrogen-bond donors (Lipinski definition) is 1. The van der Waals surface area contributed by atoms with Crippen LogP contribution in [-0.2, 0) is 19.1 Å². The Morgan fingerprint density at radius 1 is 0.523 bits per heavy atom. The van der Waals surface area contributed by atoms with E-state index in [9.17, 15) is 14.7 Å². The normalized spacial score (nSPS) is 12.7. The summed E-state index contributed by atoms with van der Waals surface area (Å²) in [6.07, 6.45) is 43.1. The number of esters is 2. The average Bonchev–Trinajstić information content (AvgIpc) is 3.02. The molecule has 0 heterocycles. The summed E-state index contributed by atoms with van der Waals surface area (Å²) in [5.41, 5.74) is 0. The number of unbranched alkanes of at least 4 members (excludes halogenated alkanes) is 16. The molecule has 0 aromatic heterocycles. The van der Waals surface area contributed by atoms with Crippen LogP contribution in [0.5, 0.6) is 0 Å². The molecule has 1 unspecified atom stereocenters. The van der Waals surface area contributed by atoms with E-state index in [0.717, 1.165) is 44.9 Å². The second-order valence-electron chi connectivity index (χ2n) is 12.0. The molecule has 5 nitrogen and oxygen atoms in total. The minimum Gasteiger partial charge on any atom is -0.462 e. The molecule has 0 aliphatic rings. The van der Waals surface area contributed by atoms with Gasteiger partial charge in [0.1, 0.15) is 6.61 Å². The van der Waals surface area contributed by atoms with E-state index in [1.165, 1.54) is 89.9 Å². The molecule has 254 valence electrons. The van der Waals surface area contributed by atoms with E-state index in [1.807, 2.05) is 0 Å². The van der Waals surface area contributed by atoms with Crippen molar-refractivity contribution in [2.75, 3.05) is 13.2 Å². The highest BCUT2D eigenvalue weighted by Gasteiger charge is 2.15. The van der Waals surface area contributed by atoms with Gasteiger partial charge in [0.25, 0.3) is 0 Å². The van der Waals surface area contributed by atoms with E-state index in [4.69, 9.17) is 9.47 Å². The summed E-state index contributed by atoms with van der Waals surface area (Å²) in [4.78, 5) is 24.1. The fraction of sp³-hybridized carbons (Fsp3) is 0.744. The topological polar surface area (TPSA) is 72.8 Å². The summed E-state index contributed by atoms with van der Waals surface area (Å²) in [7, 11) is 0. The van der Waals surface area contributed by atoms with Gasteiger partial charge in [-0.3, -0.25) is 9.59 Å². The van der Waals surface area contributed by atoms with Gasteiger partial charge in [-0.15, -0.1) is 0 Å². The molecule has 0 aromatic carbocycles. The van der Waals surface area contributed by atoms with E-state index >= 15 is 0 Å². The van der Waals surface area contributed by atoms with E-state index in [-0.39, 0.29) is 31.6 Å².